The van der Waals surface area contributed by atoms with E-state index in [0.29, 0.717) is 24.4 Å². The maximum absolute atomic E-state index is 14.2. The van der Waals surface area contributed by atoms with Gasteiger partial charge in [0.2, 0.25) is 5.91 Å². The van der Waals surface area contributed by atoms with Crippen LogP contribution in [0.4, 0.5) is 10.5 Å². The van der Waals surface area contributed by atoms with Crippen molar-refractivity contribution in [2.45, 2.75) is 91.3 Å². The zero-order valence-corrected chi connectivity index (χ0v) is 26.5. The molecule has 0 spiro atoms. The molecule has 0 aliphatic rings. The molecular weight excluding hydrogens is 538 g/mol. The Hall–Kier alpha value is -3.20. The standard InChI is InChI=1S/C32H47N3O5S/c1-8-9-10-11-12-20-35(30(37)26(21-41)34-31(38)40-32(4,5)6)28(27-22(2)14-13-15-23(27)3)29(36)33-24-16-18-25(39-7)19-17-24/h13-19,26,28,41H,8-12,20-21H2,1-7H3,(H,33,36)(H,34,38). The van der Waals surface area contributed by atoms with E-state index < -0.39 is 23.8 Å². The lowest BCUT2D eigenvalue weighted by molar-refractivity contribution is -0.140. The van der Waals surface area contributed by atoms with Crippen molar-refractivity contribution in [1.29, 1.82) is 0 Å². The van der Waals surface area contributed by atoms with Crippen LogP contribution in [-0.4, -0.2) is 53.9 Å². The van der Waals surface area contributed by atoms with Crippen LogP contribution in [0.5, 0.6) is 5.75 Å². The van der Waals surface area contributed by atoms with Gasteiger partial charge in [0.25, 0.3) is 5.91 Å². The number of rotatable bonds is 14. The highest BCUT2D eigenvalue weighted by molar-refractivity contribution is 7.80. The lowest BCUT2D eigenvalue weighted by Gasteiger charge is -2.35. The van der Waals surface area contributed by atoms with Gasteiger partial charge in [0.1, 0.15) is 23.4 Å². The van der Waals surface area contributed by atoms with Crippen LogP contribution in [0.25, 0.3) is 0 Å². The summed E-state index contributed by atoms with van der Waals surface area (Å²) in [6.45, 7) is 11.6. The Morgan fingerprint density at radius 1 is 0.951 bits per heavy atom. The minimum absolute atomic E-state index is 0.0456. The van der Waals surface area contributed by atoms with E-state index in [-0.39, 0.29) is 17.6 Å². The number of thiol groups is 1. The SMILES string of the molecule is CCCCCCCN(C(=O)C(CS)NC(=O)OC(C)(C)C)C(C(=O)Nc1ccc(OC)cc1)c1c(C)cccc1C. The molecule has 2 rings (SSSR count). The number of alkyl carbamates (subject to hydrolysis) is 1. The number of hydrogen-bond donors (Lipinski definition) is 3. The Morgan fingerprint density at radius 3 is 2.10 bits per heavy atom. The topological polar surface area (TPSA) is 97.0 Å². The lowest BCUT2D eigenvalue weighted by Crippen LogP contribution is -2.53. The van der Waals surface area contributed by atoms with E-state index in [4.69, 9.17) is 9.47 Å². The maximum Gasteiger partial charge on any atom is 0.408 e. The van der Waals surface area contributed by atoms with Gasteiger partial charge in [-0.1, -0.05) is 50.8 Å². The van der Waals surface area contributed by atoms with E-state index in [1.54, 1.807) is 57.0 Å². The summed E-state index contributed by atoms with van der Waals surface area (Å²) in [5.41, 5.74) is 2.40. The molecule has 8 nitrogen and oxygen atoms in total. The quantitative estimate of drug-likeness (QED) is 0.171. The second-order valence-electron chi connectivity index (χ2n) is 11.3. The number of anilines is 1. The van der Waals surface area contributed by atoms with Crippen LogP contribution >= 0.6 is 12.6 Å². The van der Waals surface area contributed by atoms with Crippen LogP contribution in [-0.2, 0) is 14.3 Å². The van der Waals surface area contributed by atoms with Crippen LogP contribution in [0.15, 0.2) is 42.5 Å². The molecule has 3 amide bonds. The molecule has 0 aliphatic carbocycles. The number of nitrogens with one attached hydrogen (secondary N) is 2. The van der Waals surface area contributed by atoms with Crippen molar-refractivity contribution in [3.05, 3.63) is 59.2 Å². The number of carbonyl (C=O) groups is 3. The van der Waals surface area contributed by atoms with E-state index in [0.717, 1.165) is 42.4 Å². The third kappa shape index (κ3) is 10.6. The normalized spacial score (nSPS) is 12.7. The first-order valence-electron chi connectivity index (χ1n) is 14.3. The summed E-state index contributed by atoms with van der Waals surface area (Å²) in [6.07, 6.45) is 4.16. The molecule has 0 saturated heterocycles. The molecule has 2 atom stereocenters. The van der Waals surface area contributed by atoms with Gasteiger partial charge in [0.05, 0.1) is 7.11 Å². The average Bonchev–Trinajstić information content (AvgIpc) is 2.91. The van der Waals surface area contributed by atoms with Crippen LogP contribution in [0.3, 0.4) is 0 Å². The number of amides is 3. The second-order valence-corrected chi connectivity index (χ2v) is 11.6. The van der Waals surface area contributed by atoms with Crippen molar-refractivity contribution in [3.8, 4) is 5.75 Å². The molecule has 0 bridgehead atoms. The highest BCUT2D eigenvalue weighted by Gasteiger charge is 2.37. The maximum atomic E-state index is 14.2. The number of hydrogen-bond acceptors (Lipinski definition) is 6. The van der Waals surface area contributed by atoms with Crippen molar-refractivity contribution in [3.63, 3.8) is 0 Å². The first-order valence-corrected chi connectivity index (χ1v) is 15.0. The summed E-state index contributed by atoms with van der Waals surface area (Å²) >= 11 is 4.39. The molecule has 9 heteroatoms. The van der Waals surface area contributed by atoms with Gasteiger partial charge in [-0.2, -0.15) is 12.6 Å². The minimum atomic E-state index is -0.982. The molecule has 2 N–H and O–H groups in total. The third-order valence-electron chi connectivity index (χ3n) is 6.69. The zero-order chi connectivity index (χ0) is 30.6. The Morgan fingerprint density at radius 2 is 1.56 bits per heavy atom. The Balaban J connectivity index is 2.52. The second kappa shape index (κ2) is 16.3. The van der Waals surface area contributed by atoms with Crippen LogP contribution in [0.1, 0.15) is 82.5 Å². The molecule has 0 radical (unpaired) electrons. The highest BCUT2D eigenvalue weighted by Crippen LogP contribution is 2.30. The van der Waals surface area contributed by atoms with Crippen LogP contribution in [0, 0.1) is 13.8 Å². The average molecular weight is 586 g/mol. The van der Waals surface area contributed by atoms with Crippen molar-refractivity contribution < 1.29 is 23.9 Å². The van der Waals surface area contributed by atoms with Crippen LogP contribution in [0.2, 0.25) is 0 Å². The number of nitrogens with zero attached hydrogens (tertiary/aromatic N) is 1. The number of ether oxygens (including phenoxy) is 2. The van der Waals surface area contributed by atoms with Crippen molar-refractivity contribution in [2.24, 2.45) is 0 Å². The van der Waals surface area contributed by atoms with Crippen molar-refractivity contribution >= 4 is 36.2 Å². The molecule has 226 valence electrons. The van der Waals surface area contributed by atoms with Gasteiger partial charge < -0.3 is 25.0 Å². The first kappa shape index (κ1) is 34.0. The fourth-order valence-corrected chi connectivity index (χ4v) is 4.91. The molecule has 0 fully saturated rings. The minimum Gasteiger partial charge on any atom is -0.497 e. The smallest absolute Gasteiger partial charge is 0.408 e. The Bertz CT molecular complexity index is 1130. The van der Waals surface area contributed by atoms with E-state index in [9.17, 15) is 14.4 Å². The van der Waals surface area contributed by atoms with Crippen LogP contribution < -0.4 is 15.4 Å². The van der Waals surface area contributed by atoms with Crippen molar-refractivity contribution in [2.75, 3.05) is 24.7 Å². The van der Waals surface area contributed by atoms with Gasteiger partial charge in [0.15, 0.2) is 0 Å². The monoisotopic (exact) mass is 585 g/mol. The Kier molecular flexibility index (Phi) is 13.5. The highest BCUT2D eigenvalue weighted by atomic mass is 32.1. The molecular formula is C32H47N3O5S. The van der Waals surface area contributed by atoms with E-state index >= 15 is 0 Å². The molecule has 2 aromatic rings. The Labute approximate surface area is 251 Å². The fraction of sp³-hybridized carbons (Fsp3) is 0.531. The third-order valence-corrected chi connectivity index (χ3v) is 7.06. The predicted octanol–water partition coefficient (Wildman–Crippen LogP) is 6.61. The van der Waals surface area contributed by atoms with Gasteiger partial charge in [0, 0.05) is 18.0 Å². The summed E-state index contributed by atoms with van der Waals surface area (Å²) in [5, 5.41) is 5.68. The number of methoxy groups -OCH3 is 1. The summed E-state index contributed by atoms with van der Waals surface area (Å²) in [5.74, 6) is -0.0178. The molecule has 0 aliphatic heterocycles. The number of carbonyl (C=O) groups excluding carboxylic acids is 3. The van der Waals surface area contributed by atoms with Gasteiger partial charge in [-0.3, -0.25) is 9.59 Å². The molecule has 0 aromatic heterocycles. The summed E-state index contributed by atoms with van der Waals surface area (Å²) in [7, 11) is 1.58. The molecule has 0 heterocycles. The number of benzene rings is 2. The summed E-state index contributed by atoms with van der Waals surface area (Å²) in [6, 6.07) is 11.0. The number of unbranched alkanes of at least 4 members (excludes halogenated alkanes) is 4. The molecule has 2 aromatic carbocycles. The summed E-state index contributed by atoms with van der Waals surface area (Å²) in [4.78, 5) is 42.5. The first-order chi connectivity index (χ1) is 19.4. The van der Waals surface area contributed by atoms with Gasteiger partial charge in [-0.05, 0) is 82.0 Å². The molecule has 0 saturated carbocycles. The van der Waals surface area contributed by atoms with Gasteiger partial charge >= 0.3 is 6.09 Å². The number of aryl methyl sites for hydroxylation is 2. The van der Waals surface area contributed by atoms with Gasteiger partial charge in [-0.15, -0.1) is 0 Å². The van der Waals surface area contributed by atoms with Crippen molar-refractivity contribution in [1.82, 2.24) is 10.2 Å². The largest absolute Gasteiger partial charge is 0.497 e. The fourth-order valence-electron chi connectivity index (χ4n) is 4.66. The van der Waals surface area contributed by atoms with E-state index in [2.05, 4.69) is 30.2 Å². The van der Waals surface area contributed by atoms with E-state index in [1.807, 2.05) is 32.0 Å². The van der Waals surface area contributed by atoms with Gasteiger partial charge in [-0.25, -0.2) is 4.79 Å². The molecule has 41 heavy (non-hydrogen) atoms. The zero-order valence-electron chi connectivity index (χ0n) is 25.6. The molecule has 2 unspecified atom stereocenters. The lowest BCUT2D eigenvalue weighted by atomic mass is 9.93. The predicted molar refractivity (Wildman–Crippen MR) is 168 cm³/mol. The summed E-state index contributed by atoms with van der Waals surface area (Å²) < 4.78 is 10.7. The van der Waals surface area contributed by atoms with E-state index in [1.165, 1.54) is 0 Å².